The Labute approximate surface area is 189 Å². The van der Waals surface area contributed by atoms with Crippen LogP contribution in [0.25, 0.3) is 0 Å². The minimum absolute atomic E-state index is 0.0625. The first kappa shape index (κ1) is 25.0. The zero-order valence-corrected chi connectivity index (χ0v) is 18.3. The Morgan fingerprint density at radius 2 is 1.91 bits per heavy atom. The smallest absolute Gasteiger partial charge is 0.484 e. The van der Waals surface area contributed by atoms with E-state index in [1.165, 1.54) is 0 Å². The highest BCUT2D eigenvalue weighted by Gasteiger charge is 2.42. The summed E-state index contributed by atoms with van der Waals surface area (Å²) in [5, 5.41) is 14.1. The Hall–Kier alpha value is -1.59. The number of carbonyl (C=O) groups excluding carboxylic acids is 1. The van der Waals surface area contributed by atoms with Crippen molar-refractivity contribution in [1.82, 2.24) is 5.32 Å². The van der Waals surface area contributed by atoms with Crippen molar-refractivity contribution in [3.8, 4) is 5.75 Å². The van der Waals surface area contributed by atoms with Gasteiger partial charge in [0.2, 0.25) is 0 Å². The Bertz CT molecular complexity index is 747. The van der Waals surface area contributed by atoms with Crippen LogP contribution in [0.4, 0.5) is 13.2 Å². The molecule has 1 saturated carbocycles. The molecule has 3 atom stereocenters. The van der Waals surface area contributed by atoms with E-state index in [2.05, 4.69) is 10.1 Å². The van der Waals surface area contributed by atoms with Crippen molar-refractivity contribution < 1.29 is 42.0 Å². The number of benzene rings is 1. The van der Waals surface area contributed by atoms with Gasteiger partial charge >= 0.3 is 6.36 Å². The number of rotatable bonds is 9. The van der Waals surface area contributed by atoms with Crippen LogP contribution in [0.15, 0.2) is 24.3 Å². The first-order valence-corrected chi connectivity index (χ1v) is 10.8. The van der Waals surface area contributed by atoms with Gasteiger partial charge in [-0.1, -0.05) is 11.6 Å². The summed E-state index contributed by atoms with van der Waals surface area (Å²) >= 11 is 5.80. The molecule has 1 heterocycles. The number of hydrogen-bond acceptors (Lipinski definition) is 6. The summed E-state index contributed by atoms with van der Waals surface area (Å²) in [5.41, 5.74) is -1.30. The average molecular weight is 482 g/mol. The molecule has 7 nitrogen and oxygen atoms in total. The zero-order chi connectivity index (χ0) is 23.4. The molecular formula is C21H27ClF3NO6. The van der Waals surface area contributed by atoms with E-state index in [0.717, 1.165) is 0 Å². The zero-order valence-electron chi connectivity index (χ0n) is 17.6. The fourth-order valence-electron chi connectivity index (χ4n) is 3.62. The minimum atomic E-state index is -4.65. The van der Waals surface area contributed by atoms with Crippen LogP contribution in [0.2, 0.25) is 5.02 Å². The van der Waals surface area contributed by atoms with Crippen LogP contribution in [-0.4, -0.2) is 67.2 Å². The van der Waals surface area contributed by atoms with Crippen molar-refractivity contribution >= 4 is 17.5 Å². The lowest BCUT2D eigenvalue weighted by Gasteiger charge is -2.41. The molecule has 0 aromatic heterocycles. The normalized spacial score (nSPS) is 27.8. The number of alkyl halides is 3. The van der Waals surface area contributed by atoms with E-state index in [4.69, 9.17) is 25.8 Å². The second-order valence-corrected chi connectivity index (χ2v) is 8.79. The van der Waals surface area contributed by atoms with Crippen molar-refractivity contribution in [3.05, 3.63) is 29.3 Å². The van der Waals surface area contributed by atoms with E-state index in [9.17, 15) is 23.1 Å². The highest BCUT2D eigenvalue weighted by molar-refractivity contribution is 6.30. The van der Waals surface area contributed by atoms with Gasteiger partial charge in [-0.05, 0) is 44.0 Å². The number of carbonyl (C=O) groups is 1. The van der Waals surface area contributed by atoms with Crippen LogP contribution >= 0.6 is 11.6 Å². The molecular weight excluding hydrogens is 455 g/mol. The molecule has 180 valence electrons. The maximum atomic E-state index is 12.2. The first-order chi connectivity index (χ1) is 15.0. The van der Waals surface area contributed by atoms with Gasteiger partial charge in [-0.25, -0.2) is 0 Å². The largest absolute Gasteiger partial charge is 0.522 e. The molecule has 2 N–H and O–H groups in total. The number of ether oxygens (including phenoxy) is 4. The second-order valence-electron chi connectivity index (χ2n) is 8.35. The Morgan fingerprint density at radius 1 is 1.22 bits per heavy atom. The van der Waals surface area contributed by atoms with Gasteiger partial charge in [-0.3, -0.25) is 9.53 Å². The summed E-state index contributed by atoms with van der Waals surface area (Å²) in [5.74, 6) is 0.242. The highest BCUT2D eigenvalue weighted by atomic mass is 35.5. The molecule has 2 fully saturated rings. The Morgan fingerprint density at radius 3 is 2.50 bits per heavy atom. The van der Waals surface area contributed by atoms with Crippen LogP contribution in [0, 0.1) is 0 Å². The van der Waals surface area contributed by atoms with Crippen molar-refractivity contribution in [2.24, 2.45) is 0 Å². The molecule has 3 rings (SSSR count). The lowest BCUT2D eigenvalue weighted by molar-refractivity contribution is -0.358. The van der Waals surface area contributed by atoms with Gasteiger partial charge in [0.1, 0.15) is 11.4 Å². The topological polar surface area (TPSA) is 86.2 Å². The summed E-state index contributed by atoms with van der Waals surface area (Å²) in [4.78, 5) is 12.1. The van der Waals surface area contributed by atoms with E-state index in [1.54, 1.807) is 31.2 Å². The number of amides is 1. The molecule has 0 spiro atoms. The third-order valence-corrected chi connectivity index (χ3v) is 5.73. The van der Waals surface area contributed by atoms with Crippen LogP contribution in [-0.2, 0) is 19.0 Å². The maximum Gasteiger partial charge on any atom is 0.522 e. The molecule has 1 saturated heterocycles. The third kappa shape index (κ3) is 7.77. The summed E-state index contributed by atoms with van der Waals surface area (Å²) in [7, 11) is 0. The van der Waals surface area contributed by atoms with Crippen LogP contribution < -0.4 is 10.1 Å². The number of halogens is 4. The van der Waals surface area contributed by atoms with Gasteiger partial charge < -0.3 is 24.6 Å². The van der Waals surface area contributed by atoms with Crippen molar-refractivity contribution in [3.63, 3.8) is 0 Å². The van der Waals surface area contributed by atoms with E-state index in [-0.39, 0.29) is 50.7 Å². The summed E-state index contributed by atoms with van der Waals surface area (Å²) in [6.07, 6.45) is -5.09. The summed E-state index contributed by atoms with van der Waals surface area (Å²) < 4.78 is 57.1. The Balaban J connectivity index is 1.32. The van der Waals surface area contributed by atoms with Gasteiger partial charge in [-0.15, -0.1) is 13.2 Å². The number of hydrogen-bond donors (Lipinski definition) is 2. The van der Waals surface area contributed by atoms with Gasteiger partial charge in [-0.2, -0.15) is 0 Å². The third-order valence-electron chi connectivity index (χ3n) is 5.48. The summed E-state index contributed by atoms with van der Waals surface area (Å²) in [6, 6.07) is 6.46. The standard InChI is InChI=1S/C21H27ClF3NO6/c1-20(28,12-31-16-8-17(9-16)32-21(23,24)25)18-7-4-14(10-30-18)26-19(27)11-29-15-5-2-13(22)3-6-15/h2-3,5-6,14,16-18,28H,4,7-12H2,1H3,(H,26,27)/t14-,16-,17+,18+,20?/m1/s1. The number of aliphatic hydroxyl groups is 1. The van der Waals surface area contributed by atoms with E-state index < -0.39 is 24.2 Å². The SMILES string of the molecule is CC(O)(CO[C@H]1C[C@@H](OC(F)(F)F)C1)[C@@H]1CC[C@@H](NC(=O)COc2ccc(Cl)cc2)CO1. The first-order valence-electron chi connectivity index (χ1n) is 10.4. The second kappa shape index (κ2) is 10.6. The van der Waals surface area contributed by atoms with Crippen LogP contribution in [0.1, 0.15) is 32.6 Å². The highest BCUT2D eigenvalue weighted by Crippen LogP contribution is 2.33. The molecule has 1 aromatic carbocycles. The molecule has 0 radical (unpaired) electrons. The molecule has 1 unspecified atom stereocenters. The average Bonchev–Trinajstić information content (AvgIpc) is 2.69. The quantitative estimate of drug-likeness (QED) is 0.563. The minimum Gasteiger partial charge on any atom is -0.484 e. The maximum absolute atomic E-state index is 12.2. The van der Waals surface area contributed by atoms with Crippen molar-refractivity contribution in [2.45, 2.75) is 68.9 Å². The molecule has 0 bridgehead atoms. The fraction of sp³-hybridized carbons (Fsp3) is 0.667. The van der Waals surface area contributed by atoms with E-state index >= 15 is 0 Å². The van der Waals surface area contributed by atoms with Gasteiger partial charge in [0, 0.05) is 17.9 Å². The molecule has 1 aliphatic heterocycles. The van der Waals surface area contributed by atoms with Gasteiger partial charge in [0.15, 0.2) is 6.61 Å². The van der Waals surface area contributed by atoms with Crippen LogP contribution in [0.3, 0.4) is 0 Å². The lowest BCUT2D eigenvalue weighted by atomic mass is 9.90. The molecule has 32 heavy (non-hydrogen) atoms. The molecule has 1 aliphatic carbocycles. The summed E-state index contributed by atoms with van der Waals surface area (Å²) in [6.45, 7) is 1.58. The monoisotopic (exact) mass is 481 g/mol. The Kier molecular flexibility index (Phi) is 8.26. The van der Waals surface area contributed by atoms with Gasteiger partial charge in [0.05, 0.1) is 37.6 Å². The lowest BCUT2D eigenvalue weighted by Crippen LogP contribution is -2.53. The van der Waals surface area contributed by atoms with Gasteiger partial charge in [0.25, 0.3) is 5.91 Å². The van der Waals surface area contributed by atoms with Crippen molar-refractivity contribution in [2.75, 3.05) is 19.8 Å². The molecule has 1 aromatic rings. The molecule has 2 aliphatic rings. The van der Waals surface area contributed by atoms with E-state index in [0.29, 0.717) is 23.6 Å². The number of nitrogens with one attached hydrogen (secondary N) is 1. The van der Waals surface area contributed by atoms with E-state index in [1.807, 2.05) is 0 Å². The van der Waals surface area contributed by atoms with Crippen LogP contribution in [0.5, 0.6) is 5.75 Å². The molecule has 11 heteroatoms. The van der Waals surface area contributed by atoms with Crippen molar-refractivity contribution in [1.29, 1.82) is 0 Å². The predicted molar refractivity (Wildman–Crippen MR) is 108 cm³/mol. The molecule has 1 amide bonds. The predicted octanol–water partition coefficient (Wildman–Crippen LogP) is 3.22. The fourth-order valence-corrected chi connectivity index (χ4v) is 3.75.